The first-order valence-corrected chi connectivity index (χ1v) is 8.34. The highest BCUT2D eigenvalue weighted by molar-refractivity contribution is 6.31. The van der Waals surface area contributed by atoms with Crippen molar-refractivity contribution in [2.75, 3.05) is 6.61 Å². The number of pyridine rings is 1. The zero-order valence-corrected chi connectivity index (χ0v) is 14.9. The van der Waals surface area contributed by atoms with E-state index in [4.69, 9.17) is 11.6 Å². The van der Waals surface area contributed by atoms with Gasteiger partial charge in [0.2, 0.25) is 0 Å². The summed E-state index contributed by atoms with van der Waals surface area (Å²) >= 11 is 5.98. The topological polar surface area (TPSA) is 67.0 Å². The Morgan fingerprint density at radius 3 is 2.78 bits per heavy atom. The molecule has 9 heteroatoms. The summed E-state index contributed by atoms with van der Waals surface area (Å²) in [5, 5.41) is 4.01. The van der Waals surface area contributed by atoms with Gasteiger partial charge in [-0.05, 0) is 37.3 Å². The summed E-state index contributed by atoms with van der Waals surface area (Å²) in [5.41, 5.74) is 1.70. The van der Waals surface area contributed by atoms with Gasteiger partial charge in [0.1, 0.15) is 5.75 Å². The second-order valence-electron chi connectivity index (χ2n) is 5.91. The highest BCUT2D eigenvalue weighted by Gasteiger charge is 2.28. The molecular weight excluding hydrogens is 383 g/mol. The molecule has 27 heavy (non-hydrogen) atoms. The number of aromatic nitrogens is 2. The molecule has 1 amide bonds. The number of nitrogens with one attached hydrogen (secondary N) is 2. The Labute approximate surface area is 157 Å². The first kappa shape index (κ1) is 19.0. The fourth-order valence-corrected chi connectivity index (χ4v) is 2.70. The van der Waals surface area contributed by atoms with Gasteiger partial charge in [0, 0.05) is 22.1 Å². The number of alkyl halides is 3. The maximum Gasteiger partial charge on any atom is 0.422 e. The molecule has 0 spiro atoms. The molecule has 5 nitrogen and oxygen atoms in total. The van der Waals surface area contributed by atoms with Crippen LogP contribution in [0.15, 0.2) is 42.7 Å². The van der Waals surface area contributed by atoms with Crippen LogP contribution in [0, 0.1) is 0 Å². The number of benzene rings is 1. The van der Waals surface area contributed by atoms with E-state index >= 15 is 0 Å². The number of amides is 1. The zero-order valence-electron chi connectivity index (χ0n) is 14.1. The van der Waals surface area contributed by atoms with Gasteiger partial charge in [-0.3, -0.25) is 9.78 Å². The molecule has 3 aromatic rings. The van der Waals surface area contributed by atoms with Crippen molar-refractivity contribution in [3.63, 3.8) is 0 Å². The standard InChI is InChI=1S/C18H15ClF3N3O2/c1-10(15-5-3-12(7-23-15)27-9-18(20,21)22)25-17(26)14-8-24-16-4-2-11(19)6-13(14)16/h2-8,10,24H,9H2,1H3,(H,25,26). The van der Waals surface area contributed by atoms with Crippen LogP contribution in [-0.4, -0.2) is 28.7 Å². The lowest BCUT2D eigenvalue weighted by atomic mass is 10.1. The van der Waals surface area contributed by atoms with Gasteiger partial charge >= 0.3 is 6.18 Å². The van der Waals surface area contributed by atoms with Crippen molar-refractivity contribution in [1.82, 2.24) is 15.3 Å². The lowest BCUT2D eigenvalue weighted by molar-refractivity contribution is -0.153. The quantitative estimate of drug-likeness (QED) is 0.658. The summed E-state index contributed by atoms with van der Waals surface area (Å²) in [7, 11) is 0. The van der Waals surface area contributed by atoms with Gasteiger partial charge in [0.15, 0.2) is 6.61 Å². The van der Waals surface area contributed by atoms with Gasteiger partial charge in [-0.25, -0.2) is 0 Å². The first-order valence-electron chi connectivity index (χ1n) is 7.96. The number of nitrogens with zero attached hydrogens (tertiary/aromatic N) is 1. The van der Waals surface area contributed by atoms with Crippen molar-refractivity contribution >= 4 is 28.4 Å². The number of carbonyl (C=O) groups excluding carboxylic acids is 1. The molecule has 3 rings (SSSR count). The summed E-state index contributed by atoms with van der Waals surface area (Å²) < 4.78 is 41.1. The minimum absolute atomic E-state index is 0.000807. The van der Waals surface area contributed by atoms with Crippen LogP contribution in [0.2, 0.25) is 5.02 Å². The van der Waals surface area contributed by atoms with E-state index in [1.54, 1.807) is 31.3 Å². The van der Waals surface area contributed by atoms with Crippen LogP contribution in [0.4, 0.5) is 13.2 Å². The summed E-state index contributed by atoms with van der Waals surface area (Å²) in [5.74, 6) is -0.323. The molecule has 1 atom stereocenters. The van der Waals surface area contributed by atoms with Gasteiger partial charge in [0.25, 0.3) is 5.91 Å². The van der Waals surface area contributed by atoms with E-state index in [1.165, 1.54) is 18.3 Å². The first-order chi connectivity index (χ1) is 12.7. The fraction of sp³-hybridized carbons (Fsp3) is 0.222. The van der Waals surface area contributed by atoms with Crippen LogP contribution in [0.25, 0.3) is 10.9 Å². The molecule has 2 aromatic heterocycles. The molecule has 0 fully saturated rings. The molecule has 142 valence electrons. The van der Waals surface area contributed by atoms with Crippen LogP contribution in [-0.2, 0) is 0 Å². The number of rotatable bonds is 5. The van der Waals surface area contributed by atoms with E-state index in [0.717, 1.165) is 5.52 Å². The number of hydrogen-bond acceptors (Lipinski definition) is 3. The molecule has 0 radical (unpaired) electrons. The van der Waals surface area contributed by atoms with E-state index in [9.17, 15) is 18.0 Å². The number of halogens is 4. The van der Waals surface area contributed by atoms with Gasteiger partial charge in [-0.1, -0.05) is 11.6 Å². The van der Waals surface area contributed by atoms with Crippen molar-refractivity contribution in [3.8, 4) is 5.75 Å². The highest BCUT2D eigenvalue weighted by Crippen LogP contribution is 2.23. The third-order valence-corrected chi connectivity index (χ3v) is 4.08. The third-order valence-electron chi connectivity index (χ3n) is 3.84. The molecule has 0 bridgehead atoms. The second kappa shape index (κ2) is 7.48. The Balaban J connectivity index is 1.68. The van der Waals surface area contributed by atoms with Crippen LogP contribution in [0.3, 0.4) is 0 Å². The average molecular weight is 398 g/mol. The maximum atomic E-state index is 12.5. The Morgan fingerprint density at radius 1 is 1.33 bits per heavy atom. The van der Waals surface area contributed by atoms with Crippen molar-refractivity contribution < 1.29 is 22.7 Å². The molecule has 0 aliphatic heterocycles. The Kier molecular flexibility index (Phi) is 5.27. The predicted molar refractivity (Wildman–Crippen MR) is 95.0 cm³/mol. The monoisotopic (exact) mass is 397 g/mol. The van der Waals surface area contributed by atoms with E-state index in [0.29, 0.717) is 21.7 Å². The molecule has 0 saturated heterocycles. The van der Waals surface area contributed by atoms with Crippen molar-refractivity contribution in [2.45, 2.75) is 19.1 Å². The minimum Gasteiger partial charge on any atom is -0.483 e. The van der Waals surface area contributed by atoms with E-state index in [-0.39, 0.29) is 11.7 Å². The van der Waals surface area contributed by atoms with Gasteiger partial charge in [-0.2, -0.15) is 13.2 Å². The van der Waals surface area contributed by atoms with Crippen molar-refractivity contribution in [2.24, 2.45) is 0 Å². The van der Waals surface area contributed by atoms with Crippen molar-refractivity contribution in [3.05, 3.63) is 59.0 Å². The van der Waals surface area contributed by atoms with Gasteiger partial charge in [0.05, 0.1) is 23.5 Å². The lowest BCUT2D eigenvalue weighted by Gasteiger charge is -2.14. The molecule has 2 heterocycles. The molecule has 1 unspecified atom stereocenters. The number of H-pyrrole nitrogens is 1. The van der Waals surface area contributed by atoms with Crippen molar-refractivity contribution in [1.29, 1.82) is 0 Å². The predicted octanol–water partition coefficient (Wildman–Crippen LogP) is 4.65. The summed E-state index contributed by atoms with van der Waals surface area (Å²) in [4.78, 5) is 19.6. The Hall–Kier alpha value is -2.74. The third kappa shape index (κ3) is 4.71. The zero-order chi connectivity index (χ0) is 19.6. The molecule has 0 saturated carbocycles. The highest BCUT2D eigenvalue weighted by atomic mass is 35.5. The molecule has 2 N–H and O–H groups in total. The van der Waals surface area contributed by atoms with Crippen LogP contribution in [0.5, 0.6) is 5.75 Å². The van der Waals surface area contributed by atoms with Gasteiger partial charge in [-0.15, -0.1) is 0 Å². The number of fused-ring (bicyclic) bond motifs is 1. The van der Waals surface area contributed by atoms with Crippen LogP contribution >= 0.6 is 11.6 Å². The number of hydrogen-bond donors (Lipinski definition) is 2. The maximum absolute atomic E-state index is 12.5. The minimum atomic E-state index is -4.41. The second-order valence-corrected chi connectivity index (χ2v) is 6.35. The molecule has 1 aromatic carbocycles. The normalized spacial score (nSPS) is 12.8. The Bertz CT molecular complexity index is 955. The van der Waals surface area contributed by atoms with E-state index < -0.39 is 18.8 Å². The smallest absolute Gasteiger partial charge is 0.422 e. The summed E-state index contributed by atoms with van der Waals surface area (Å²) in [6.07, 6.45) is -1.64. The SMILES string of the molecule is CC(NC(=O)c1c[nH]c2ccc(Cl)cc12)c1ccc(OCC(F)(F)F)cn1. The number of aromatic amines is 1. The fourth-order valence-electron chi connectivity index (χ4n) is 2.53. The lowest BCUT2D eigenvalue weighted by Crippen LogP contribution is -2.27. The Morgan fingerprint density at radius 2 is 2.11 bits per heavy atom. The van der Waals surface area contributed by atoms with Gasteiger partial charge < -0.3 is 15.0 Å². The number of ether oxygens (including phenoxy) is 1. The van der Waals surface area contributed by atoms with E-state index in [1.807, 2.05) is 0 Å². The summed E-state index contributed by atoms with van der Waals surface area (Å²) in [6, 6.07) is 7.61. The molecule has 0 aliphatic carbocycles. The molecular formula is C18H15ClF3N3O2. The molecule has 0 aliphatic rings. The average Bonchev–Trinajstić information content (AvgIpc) is 3.02. The van der Waals surface area contributed by atoms with E-state index in [2.05, 4.69) is 20.0 Å². The van der Waals surface area contributed by atoms with Crippen LogP contribution < -0.4 is 10.1 Å². The number of carbonyl (C=O) groups is 1. The summed E-state index contributed by atoms with van der Waals surface area (Å²) in [6.45, 7) is 0.335. The largest absolute Gasteiger partial charge is 0.483 e. The van der Waals surface area contributed by atoms with Crippen LogP contribution in [0.1, 0.15) is 29.0 Å².